The van der Waals surface area contributed by atoms with E-state index in [9.17, 15) is 22.8 Å². The van der Waals surface area contributed by atoms with E-state index < -0.39 is 30.4 Å². The number of imidazole rings is 1. The number of likely N-dealkylation sites (tertiary alicyclic amines) is 1. The zero-order valence-electron chi connectivity index (χ0n) is 16.6. The third-order valence-corrected chi connectivity index (χ3v) is 5.37. The minimum absolute atomic E-state index is 0.175. The molecule has 4 rings (SSSR count). The molecule has 1 atom stereocenters. The minimum atomic E-state index is -4.68. The first-order valence-electron chi connectivity index (χ1n) is 9.58. The molecule has 1 aromatic carbocycles. The third-order valence-electron chi connectivity index (χ3n) is 5.37. The Morgan fingerprint density at radius 3 is 2.65 bits per heavy atom. The minimum Gasteiger partial charge on any atom is -0.365 e. The first-order valence-corrected chi connectivity index (χ1v) is 9.58. The van der Waals surface area contributed by atoms with Gasteiger partial charge in [-0.1, -0.05) is 12.1 Å². The molecule has 162 valence electrons. The lowest BCUT2D eigenvalue weighted by Gasteiger charge is -2.18. The summed E-state index contributed by atoms with van der Waals surface area (Å²) in [6.07, 6.45) is -2.75. The van der Waals surface area contributed by atoms with Crippen molar-refractivity contribution in [2.75, 3.05) is 13.1 Å². The quantitative estimate of drug-likeness (QED) is 0.681. The van der Waals surface area contributed by atoms with E-state index in [1.165, 1.54) is 23.2 Å². The number of carbonyl (C=O) groups excluding carboxylic acids is 2. The molecule has 3 heterocycles. The van der Waals surface area contributed by atoms with Gasteiger partial charge < -0.3 is 15.2 Å². The van der Waals surface area contributed by atoms with Gasteiger partial charge >= 0.3 is 6.18 Å². The first-order chi connectivity index (χ1) is 14.6. The predicted octanol–water partition coefficient (Wildman–Crippen LogP) is 2.27. The lowest BCUT2D eigenvalue weighted by Crippen LogP contribution is -2.33. The molecule has 0 bridgehead atoms. The van der Waals surface area contributed by atoms with E-state index in [0.717, 1.165) is 4.57 Å². The fraction of sp³-hybridized carbons (Fsp3) is 0.350. The third kappa shape index (κ3) is 3.94. The number of carbonyl (C=O) groups is 2. The summed E-state index contributed by atoms with van der Waals surface area (Å²) < 4.78 is 41.3. The number of nitrogens with zero attached hydrogens (tertiary/aromatic N) is 5. The number of hydrogen-bond acceptors (Lipinski definition) is 5. The van der Waals surface area contributed by atoms with Crippen molar-refractivity contribution in [3.8, 4) is 0 Å². The molecule has 0 spiro atoms. The van der Waals surface area contributed by atoms with Crippen molar-refractivity contribution in [1.29, 1.82) is 0 Å². The number of alkyl halides is 3. The number of primary amides is 1. The van der Waals surface area contributed by atoms with Crippen molar-refractivity contribution in [2.24, 2.45) is 5.73 Å². The molecule has 2 N–H and O–H groups in total. The van der Waals surface area contributed by atoms with Crippen LogP contribution in [0, 0.1) is 6.92 Å². The van der Waals surface area contributed by atoms with Gasteiger partial charge in [0.2, 0.25) is 11.7 Å². The van der Waals surface area contributed by atoms with Crippen LogP contribution in [0.25, 0.3) is 11.0 Å². The molecular weight excluding hydrogens is 413 g/mol. The molecule has 0 saturated carbocycles. The van der Waals surface area contributed by atoms with Gasteiger partial charge in [0, 0.05) is 25.2 Å². The van der Waals surface area contributed by atoms with Crippen molar-refractivity contribution in [3.05, 3.63) is 53.4 Å². The molecule has 11 heteroatoms. The number of benzene rings is 1. The second kappa shape index (κ2) is 7.64. The molecule has 1 saturated heterocycles. The van der Waals surface area contributed by atoms with Gasteiger partial charge in [0.05, 0.1) is 22.3 Å². The van der Waals surface area contributed by atoms with Gasteiger partial charge in [-0.15, -0.1) is 0 Å². The molecule has 2 aromatic heterocycles. The Kier molecular flexibility index (Phi) is 5.11. The van der Waals surface area contributed by atoms with Crippen molar-refractivity contribution in [2.45, 2.75) is 32.0 Å². The molecule has 1 unspecified atom stereocenters. The van der Waals surface area contributed by atoms with Gasteiger partial charge in [0.25, 0.3) is 5.91 Å². The maximum Gasteiger partial charge on any atom is 0.449 e. The Bertz CT molecular complexity index is 1170. The average Bonchev–Trinajstić information content (AvgIpc) is 3.33. The van der Waals surface area contributed by atoms with Crippen LogP contribution in [0.1, 0.15) is 40.0 Å². The van der Waals surface area contributed by atoms with E-state index in [2.05, 4.69) is 15.0 Å². The predicted molar refractivity (Wildman–Crippen MR) is 104 cm³/mol. The number of para-hydroxylation sites is 2. The Balaban J connectivity index is 1.54. The molecule has 2 amide bonds. The highest BCUT2D eigenvalue weighted by Gasteiger charge is 2.39. The van der Waals surface area contributed by atoms with Crippen LogP contribution < -0.4 is 5.73 Å². The summed E-state index contributed by atoms with van der Waals surface area (Å²) in [5, 5.41) is 0. The topological polar surface area (TPSA) is 107 Å². The Morgan fingerprint density at radius 2 is 1.97 bits per heavy atom. The normalized spacial score (nSPS) is 16.8. The van der Waals surface area contributed by atoms with Crippen molar-refractivity contribution >= 4 is 22.8 Å². The number of fused-ring (bicyclic) bond motifs is 1. The van der Waals surface area contributed by atoms with E-state index >= 15 is 0 Å². The second-order valence-corrected chi connectivity index (χ2v) is 7.42. The Hall–Kier alpha value is -3.50. The van der Waals surface area contributed by atoms with Crippen LogP contribution >= 0.6 is 0 Å². The van der Waals surface area contributed by atoms with E-state index in [-0.39, 0.29) is 29.1 Å². The number of rotatable bonds is 4. The van der Waals surface area contributed by atoms with Crippen LogP contribution in [0.5, 0.6) is 0 Å². The Labute approximate surface area is 174 Å². The highest BCUT2D eigenvalue weighted by molar-refractivity contribution is 5.93. The number of amides is 2. The zero-order valence-corrected chi connectivity index (χ0v) is 16.6. The highest BCUT2D eigenvalue weighted by Crippen LogP contribution is 2.32. The molecule has 1 aliphatic heterocycles. The van der Waals surface area contributed by atoms with Crippen LogP contribution in [0.4, 0.5) is 13.2 Å². The van der Waals surface area contributed by atoms with Gasteiger partial charge in [-0.3, -0.25) is 9.59 Å². The maximum atomic E-state index is 13.5. The average molecular weight is 432 g/mol. The SMILES string of the molecule is Cc1nc(C2CCN(C(=O)Cn3c(C(F)(F)F)nc4ccccc43)C2)ncc1C(N)=O. The monoisotopic (exact) mass is 432 g/mol. The van der Waals surface area contributed by atoms with E-state index in [1.807, 2.05) is 0 Å². The second-order valence-electron chi connectivity index (χ2n) is 7.42. The van der Waals surface area contributed by atoms with Gasteiger partial charge in [0.1, 0.15) is 12.4 Å². The summed E-state index contributed by atoms with van der Waals surface area (Å²) in [7, 11) is 0. The number of aryl methyl sites for hydroxylation is 1. The molecule has 31 heavy (non-hydrogen) atoms. The summed E-state index contributed by atoms with van der Waals surface area (Å²) in [4.78, 5) is 37.8. The molecular formula is C20H19F3N6O2. The number of hydrogen-bond donors (Lipinski definition) is 1. The summed E-state index contributed by atoms with van der Waals surface area (Å²) in [5.74, 6) is -1.87. The Morgan fingerprint density at radius 1 is 1.23 bits per heavy atom. The smallest absolute Gasteiger partial charge is 0.365 e. The number of aromatic nitrogens is 4. The lowest BCUT2D eigenvalue weighted by molar-refractivity contribution is -0.148. The van der Waals surface area contributed by atoms with Crippen LogP contribution in [0.15, 0.2) is 30.5 Å². The van der Waals surface area contributed by atoms with Gasteiger partial charge in [-0.25, -0.2) is 15.0 Å². The van der Waals surface area contributed by atoms with E-state index in [0.29, 0.717) is 24.5 Å². The fourth-order valence-electron chi connectivity index (χ4n) is 3.81. The fourth-order valence-corrected chi connectivity index (χ4v) is 3.81. The van der Waals surface area contributed by atoms with Gasteiger partial charge in [0.15, 0.2) is 0 Å². The summed E-state index contributed by atoms with van der Waals surface area (Å²) in [6, 6.07) is 6.19. The molecule has 1 aliphatic rings. The molecule has 1 fully saturated rings. The molecule has 3 aromatic rings. The van der Waals surface area contributed by atoms with Crippen LogP contribution in [-0.2, 0) is 17.5 Å². The summed E-state index contributed by atoms with van der Waals surface area (Å²) >= 11 is 0. The van der Waals surface area contributed by atoms with Gasteiger partial charge in [-0.2, -0.15) is 13.2 Å². The van der Waals surface area contributed by atoms with Crippen LogP contribution in [0.2, 0.25) is 0 Å². The molecule has 8 nitrogen and oxygen atoms in total. The van der Waals surface area contributed by atoms with E-state index in [4.69, 9.17) is 5.73 Å². The van der Waals surface area contributed by atoms with Crippen LogP contribution in [0.3, 0.4) is 0 Å². The van der Waals surface area contributed by atoms with Crippen LogP contribution in [-0.4, -0.2) is 49.3 Å². The maximum absolute atomic E-state index is 13.5. The first kappa shape index (κ1) is 20.8. The van der Waals surface area contributed by atoms with Crippen molar-refractivity contribution in [3.63, 3.8) is 0 Å². The van der Waals surface area contributed by atoms with E-state index in [1.54, 1.807) is 19.1 Å². The highest BCUT2D eigenvalue weighted by atomic mass is 19.4. The standard InChI is InChI=1S/C20H19F3N6O2/c1-11-13(17(24)31)8-25-18(26-11)12-6-7-28(9-12)16(30)10-29-15-5-3-2-4-14(15)27-19(29)20(21,22)23/h2-5,8,12H,6-7,9-10H2,1H3,(H2,24,31). The van der Waals surface area contributed by atoms with Crippen molar-refractivity contribution in [1.82, 2.24) is 24.4 Å². The number of nitrogens with two attached hydrogens (primary N) is 1. The van der Waals surface area contributed by atoms with Crippen molar-refractivity contribution < 1.29 is 22.8 Å². The van der Waals surface area contributed by atoms with Gasteiger partial charge in [-0.05, 0) is 25.5 Å². The summed E-state index contributed by atoms with van der Waals surface area (Å²) in [6.45, 7) is 1.83. The molecule has 0 aliphatic carbocycles. The molecule has 0 radical (unpaired) electrons. The largest absolute Gasteiger partial charge is 0.449 e. The lowest BCUT2D eigenvalue weighted by atomic mass is 10.1. The number of halogens is 3. The zero-order chi connectivity index (χ0) is 22.3. The summed E-state index contributed by atoms with van der Waals surface area (Å²) in [5.41, 5.74) is 6.37.